The molecule has 0 amide bonds. The van der Waals surface area contributed by atoms with Gasteiger partial charge >= 0.3 is 5.97 Å². The molecule has 0 aliphatic carbocycles. The minimum absolute atomic E-state index is 0.0107. The summed E-state index contributed by atoms with van der Waals surface area (Å²) in [6, 6.07) is 4.12. The third-order valence-corrected chi connectivity index (χ3v) is 2.87. The van der Waals surface area contributed by atoms with E-state index in [0.29, 0.717) is 0 Å². The topological polar surface area (TPSA) is 37.3 Å². The molecule has 88 valence electrons. The van der Waals surface area contributed by atoms with Crippen LogP contribution >= 0.6 is 0 Å². The van der Waals surface area contributed by atoms with Gasteiger partial charge in [-0.3, -0.25) is 4.79 Å². The smallest absolute Gasteiger partial charge is 0.307 e. The van der Waals surface area contributed by atoms with Crippen LogP contribution in [0.2, 0.25) is 0 Å². The number of carbonyl (C=O) groups is 1. The molecular formula is C14H20O2. The van der Waals surface area contributed by atoms with Gasteiger partial charge in [-0.15, -0.1) is 0 Å². The number of carboxylic acids is 1. The molecule has 0 spiro atoms. The van der Waals surface area contributed by atoms with Gasteiger partial charge in [0.1, 0.15) is 0 Å². The van der Waals surface area contributed by atoms with Crippen LogP contribution < -0.4 is 0 Å². The summed E-state index contributed by atoms with van der Waals surface area (Å²) >= 11 is 0. The van der Waals surface area contributed by atoms with Crippen LogP contribution in [0.4, 0.5) is 0 Å². The highest BCUT2D eigenvalue weighted by atomic mass is 16.4. The Labute approximate surface area is 97.3 Å². The van der Waals surface area contributed by atoms with Crippen LogP contribution in [0.5, 0.6) is 0 Å². The van der Waals surface area contributed by atoms with Crippen LogP contribution in [-0.2, 0) is 16.6 Å². The minimum atomic E-state index is -0.770. The summed E-state index contributed by atoms with van der Waals surface area (Å²) in [7, 11) is 0. The lowest BCUT2D eigenvalue weighted by molar-refractivity contribution is -0.136. The maximum Gasteiger partial charge on any atom is 0.307 e. The van der Waals surface area contributed by atoms with E-state index < -0.39 is 5.97 Å². The van der Waals surface area contributed by atoms with Gasteiger partial charge in [-0.1, -0.05) is 32.9 Å². The van der Waals surface area contributed by atoms with Crippen molar-refractivity contribution in [1.82, 2.24) is 0 Å². The zero-order valence-corrected chi connectivity index (χ0v) is 10.7. The van der Waals surface area contributed by atoms with Crippen molar-refractivity contribution in [3.63, 3.8) is 0 Å². The molecule has 0 unspecified atom stereocenters. The van der Waals surface area contributed by atoms with Crippen molar-refractivity contribution in [2.75, 3.05) is 0 Å². The molecular weight excluding hydrogens is 200 g/mol. The summed E-state index contributed by atoms with van der Waals surface area (Å²) in [5.74, 6) is -0.770. The summed E-state index contributed by atoms with van der Waals surface area (Å²) in [6.07, 6.45) is 0.105. The lowest BCUT2D eigenvalue weighted by Crippen LogP contribution is -2.17. The normalized spacial score (nSPS) is 11.6. The first-order valence-corrected chi connectivity index (χ1v) is 5.54. The summed E-state index contributed by atoms with van der Waals surface area (Å²) in [4.78, 5) is 10.8. The summed E-state index contributed by atoms with van der Waals surface area (Å²) in [6.45, 7) is 10.4. The molecule has 0 aromatic heterocycles. The Bertz CT molecular complexity index is 411. The Balaban J connectivity index is 3.33. The van der Waals surface area contributed by atoms with Crippen molar-refractivity contribution < 1.29 is 9.90 Å². The summed E-state index contributed by atoms with van der Waals surface area (Å²) in [5, 5.41) is 8.92. The molecule has 2 heteroatoms. The van der Waals surface area contributed by atoms with E-state index in [0.717, 1.165) is 16.7 Å². The lowest BCUT2D eigenvalue weighted by Gasteiger charge is -2.24. The van der Waals surface area contributed by atoms with E-state index in [2.05, 4.69) is 33.8 Å². The Morgan fingerprint density at radius 1 is 1.19 bits per heavy atom. The maximum absolute atomic E-state index is 10.8. The molecule has 1 aromatic carbocycles. The first kappa shape index (κ1) is 12.8. The van der Waals surface area contributed by atoms with E-state index in [1.54, 1.807) is 0 Å². The largest absolute Gasteiger partial charge is 0.481 e. The predicted molar refractivity (Wildman–Crippen MR) is 66.0 cm³/mol. The molecule has 1 aromatic rings. The van der Waals surface area contributed by atoms with Crippen molar-refractivity contribution >= 4 is 5.97 Å². The van der Waals surface area contributed by atoms with Crippen molar-refractivity contribution in [3.8, 4) is 0 Å². The fraction of sp³-hybridized carbons (Fsp3) is 0.500. The monoisotopic (exact) mass is 220 g/mol. The quantitative estimate of drug-likeness (QED) is 0.830. The van der Waals surface area contributed by atoms with Crippen molar-refractivity contribution in [3.05, 3.63) is 34.4 Å². The van der Waals surface area contributed by atoms with Crippen molar-refractivity contribution in [2.24, 2.45) is 0 Å². The lowest BCUT2D eigenvalue weighted by atomic mass is 9.81. The molecule has 0 saturated heterocycles. The molecule has 0 aliphatic heterocycles. The van der Waals surface area contributed by atoms with Gasteiger partial charge in [0.25, 0.3) is 0 Å². The second-order valence-corrected chi connectivity index (χ2v) is 5.41. The van der Waals surface area contributed by atoms with Crippen LogP contribution in [-0.4, -0.2) is 11.1 Å². The first-order chi connectivity index (χ1) is 7.21. The van der Waals surface area contributed by atoms with Gasteiger partial charge in [-0.2, -0.15) is 0 Å². The van der Waals surface area contributed by atoms with E-state index in [-0.39, 0.29) is 11.8 Å². The molecule has 1 rings (SSSR count). The van der Waals surface area contributed by atoms with E-state index >= 15 is 0 Å². The number of benzene rings is 1. The predicted octanol–water partition coefficient (Wildman–Crippen LogP) is 3.23. The molecule has 1 N–H and O–H groups in total. The van der Waals surface area contributed by atoms with Gasteiger partial charge in [0, 0.05) is 0 Å². The van der Waals surface area contributed by atoms with Gasteiger partial charge in [0.15, 0.2) is 0 Å². The Morgan fingerprint density at radius 3 is 2.12 bits per heavy atom. The zero-order valence-electron chi connectivity index (χ0n) is 10.7. The van der Waals surface area contributed by atoms with Crippen LogP contribution in [0.3, 0.4) is 0 Å². The molecule has 16 heavy (non-hydrogen) atoms. The van der Waals surface area contributed by atoms with Gasteiger partial charge in [-0.05, 0) is 41.5 Å². The molecule has 0 heterocycles. The minimum Gasteiger partial charge on any atom is -0.481 e. The number of aliphatic carboxylic acids is 1. The van der Waals surface area contributed by atoms with Gasteiger partial charge < -0.3 is 5.11 Å². The molecule has 0 radical (unpaired) electrons. The molecule has 2 nitrogen and oxygen atoms in total. The van der Waals surface area contributed by atoms with E-state index in [1.165, 1.54) is 5.56 Å². The highest BCUT2D eigenvalue weighted by Crippen LogP contribution is 2.28. The fourth-order valence-electron chi connectivity index (χ4n) is 1.88. The SMILES string of the molecule is Cc1cc(CC(=O)O)c(C(C)(C)C)cc1C. The number of rotatable bonds is 2. The Kier molecular flexibility index (Phi) is 3.41. The number of aryl methyl sites for hydroxylation is 2. The molecule has 0 aliphatic rings. The van der Waals surface area contributed by atoms with Crippen LogP contribution in [0.25, 0.3) is 0 Å². The molecule has 0 atom stereocenters. The average molecular weight is 220 g/mol. The van der Waals surface area contributed by atoms with E-state index in [4.69, 9.17) is 5.11 Å². The highest BCUT2D eigenvalue weighted by Gasteiger charge is 2.20. The van der Waals surface area contributed by atoms with Crippen molar-refractivity contribution in [1.29, 1.82) is 0 Å². The number of hydrogen-bond donors (Lipinski definition) is 1. The Morgan fingerprint density at radius 2 is 1.69 bits per heavy atom. The second-order valence-electron chi connectivity index (χ2n) is 5.41. The molecule has 0 bridgehead atoms. The zero-order chi connectivity index (χ0) is 12.5. The van der Waals surface area contributed by atoms with E-state index in [1.807, 2.05) is 13.0 Å². The third-order valence-electron chi connectivity index (χ3n) is 2.87. The second kappa shape index (κ2) is 4.28. The highest BCUT2D eigenvalue weighted by molar-refractivity contribution is 5.71. The van der Waals surface area contributed by atoms with Gasteiger partial charge in [0.2, 0.25) is 0 Å². The molecule has 0 saturated carbocycles. The summed E-state index contributed by atoms with van der Waals surface area (Å²) in [5.41, 5.74) is 4.44. The van der Waals surface area contributed by atoms with Crippen molar-refractivity contribution in [2.45, 2.75) is 46.5 Å². The number of hydrogen-bond acceptors (Lipinski definition) is 1. The maximum atomic E-state index is 10.8. The Hall–Kier alpha value is -1.31. The molecule has 0 fully saturated rings. The van der Waals surface area contributed by atoms with Crippen LogP contribution in [0.15, 0.2) is 12.1 Å². The summed E-state index contributed by atoms with van der Waals surface area (Å²) < 4.78 is 0. The van der Waals surface area contributed by atoms with Gasteiger partial charge in [0.05, 0.1) is 6.42 Å². The third kappa shape index (κ3) is 2.84. The first-order valence-electron chi connectivity index (χ1n) is 5.54. The van der Waals surface area contributed by atoms with Gasteiger partial charge in [-0.25, -0.2) is 0 Å². The van der Waals surface area contributed by atoms with Crippen LogP contribution in [0.1, 0.15) is 43.0 Å². The van der Waals surface area contributed by atoms with Crippen LogP contribution in [0, 0.1) is 13.8 Å². The average Bonchev–Trinajstić information content (AvgIpc) is 2.08. The number of carboxylic acid groups (broad SMARTS) is 1. The van der Waals surface area contributed by atoms with E-state index in [9.17, 15) is 4.79 Å². The standard InChI is InChI=1S/C14H20O2/c1-9-6-11(8-13(15)16)12(7-10(9)2)14(3,4)5/h6-7H,8H2,1-5H3,(H,15,16). The fourth-order valence-corrected chi connectivity index (χ4v) is 1.88.